The summed E-state index contributed by atoms with van der Waals surface area (Å²) in [6.45, 7) is 6.42. The summed E-state index contributed by atoms with van der Waals surface area (Å²) in [6.07, 6.45) is 3.33. The molecule has 2 aliphatic heterocycles. The SMILES string of the molecule is CC1(C)CCn2c(c(-c3ccc(C(N)=O)c(NC4CCOCC4)c3)c3c(F)cc(F)cc32)C1. The van der Waals surface area contributed by atoms with Gasteiger partial charge in [-0.1, -0.05) is 19.9 Å². The number of aromatic nitrogens is 1. The largest absolute Gasteiger partial charge is 0.381 e. The molecule has 0 radical (unpaired) electrons. The molecule has 3 N–H and O–H groups in total. The molecular weight excluding hydrogens is 424 g/mol. The van der Waals surface area contributed by atoms with Gasteiger partial charge in [0.2, 0.25) is 0 Å². The Labute approximate surface area is 191 Å². The van der Waals surface area contributed by atoms with Crippen LogP contribution >= 0.6 is 0 Å². The number of rotatable bonds is 4. The zero-order valence-corrected chi connectivity index (χ0v) is 19.0. The number of carbonyl (C=O) groups excluding carboxylic acids is 1. The summed E-state index contributed by atoms with van der Waals surface area (Å²) in [6, 6.07) is 7.93. The summed E-state index contributed by atoms with van der Waals surface area (Å²) in [5, 5.41) is 3.88. The Kier molecular flexibility index (Phi) is 5.40. The van der Waals surface area contributed by atoms with Gasteiger partial charge in [-0.05, 0) is 54.9 Å². The normalized spacial score (nSPS) is 18.3. The Hall–Kier alpha value is -2.93. The van der Waals surface area contributed by atoms with Crippen LogP contribution in [0.15, 0.2) is 30.3 Å². The number of ether oxygens (including phenoxy) is 1. The van der Waals surface area contributed by atoms with Gasteiger partial charge in [0, 0.05) is 54.2 Å². The maximum atomic E-state index is 15.2. The maximum Gasteiger partial charge on any atom is 0.250 e. The number of amides is 1. The first-order chi connectivity index (χ1) is 15.7. The lowest BCUT2D eigenvalue weighted by Gasteiger charge is -2.32. The predicted molar refractivity (Wildman–Crippen MR) is 125 cm³/mol. The van der Waals surface area contributed by atoms with Crippen LogP contribution in [0.3, 0.4) is 0 Å². The lowest BCUT2D eigenvalue weighted by molar-refractivity contribution is 0.0904. The van der Waals surface area contributed by atoms with Crippen LogP contribution in [-0.2, 0) is 17.7 Å². The highest BCUT2D eigenvalue weighted by Gasteiger charge is 2.32. The number of nitrogens with two attached hydrogens (primary N) is 1. The Morgan fingerprint density at radius 2 is 1.94 bits per heavy atom. The van der Waals surface area contributed by atoms with E-state index in [1.54, 1.807) is 6.07 Å². The van der Waals surface area contributed by atoms with Crippen LogP contribution in [0, 0.1) is 17.0 Å². The highest BCUT2D eigenvalue weighted by atomic mass is 19.1. The van der Waals surface area contributed by atoms with Crippen molar-refractivity contribution in [3.05, 3.63) is 53.2 Å². The van der Waals surface area contributed by atoms with E-state index >= 15 is 4.39 Å². The summed E-state index contributed by atoms with van der Waals surface area (Å²) in [5.74, 6) is -1.67. The zero-order chi connectivity index (χ0) is 23.3. The molecule has 5 rings (SSSR count). The quantitative estimate of drug-likeness (QED) is 0.567. The van der Waals surface area contributed by atoms with Gasteiger partial charge in [-0.3, -0.25) is 4.79 Å². The van der Waals surface area contributed by atoms with E-state index in [1.807, 2.05) is 12.1 Å². The first-order valence-corrected chi connectivity index (χ1v) is 11.5. The van der Waals surface area contributed by atoms with Crippen LogP contribution in [0.1, 0.15) is 49.2 Å². The lowest BCUT2D eigenvalue weighted by Crippen LogP contribution is -2.29. The minimum Gasteiger partial charge on any atom is -0.381 e. The van der Waals surface area contributed by atoms with Crippen molar-refractivity contribution in [1.29, 1.82) is 0 Å². The maximum absolute atomic E-state index is 15.2. The van der Waals surface area contributed by atoms with Gasteiger partial charge in [0.1, 0.15) is 11.6 Å². The van der Waals surface area contributed by atoms with Crippen LogP contribution in [-0.4, -0.2) is 29.7 Å². The molecule has 0 unspecified atom stereocenters. The van der Waals surface area contributed by atoms with Crippen LogP contribution in [0.2, 0.25) is 0 Å². The molecular formula is C26H29F2N3O2. The van der Waals surface area contributed by atoms with Crippen molar-refractivity contribution in [2.75, 3.05) is 18.5 Å². The smallest absolute Gasteiger partial charge is 0.250 e. The molecule has 33 heavy (non-hydrogen) atoms. The summed E-state index contributed by atoms with van der Waals surface area (Å²) < 4.78 is 36.9. The number of anilines is 1. The molecule has 0 bridgehead atoms. The minimum absolute atomic E-state index is 0.0461. The molecule has 1 aromatic heterocycles. The van der Waals surface area contributed by atoms with Crippen LogP contribution in [0.5, 0.6) is 0 Å². The predicted octanol–water partition coefficient (Wildman–Crippen LogP) is 5.25. The van der Waals surface area contributed by atoms with E-state index in [1.165, 1.54) is 6.07 Å². The molecule has 3 aromatic rings. The Balaban J connectivity index is 1.70. The Morgan fingerprint density at radius 1 is 1.18 bits per heavy atom. The number of carbonyl (C=O) groups is 1. The number of primary amides is 1. The van der Waals surface area contributed by atoms with Crippen molar-refractivity contribution in [2.24, 2.45) is 11.1 Å². The lowest BCUT2D eigenvalue weighted by atomic mass is 9.80. The molecule has 174 valence electrons. The van der Waals surface area contributed by atoms with Crippen molar-refractivity contribution >= 4 is 22.5 Å². The first-order valence-electron chi connectivity index (χ1n) is 11.5. The molecule has 0 saturated carbocycles. The highest BCUT2D eigenvalue weighted by Crippen LogP contribution is 2.44. The number of benzene rings is 2. The van der Waals surface area contributed by atoms with Crippen molar-refractivity contribution in [3.8, 4) is 11.1 Å². The van der Waals surface area contributed by atoms with Gasteiger partial charge in [-0.15, -0.1) is 0 Å². The summed E-state index contributed by atoms with van der Waals surface area (Å²) in [4.78, 5) is 12.1. The van der Waals surface area contributed by atoms with E-state index in [2.05, 4.69) is 23.7 Å². The van der Waals surface area contributed by atoms with Crippen LogP contribution in [0.4, 0.5) is 14.5 Å². The van der Waals surface area contributed by atoms with E-state index < -0.39 is 17.5 Å². The van der Waals surface area contributed by atoms with Crippen molar-refractivity contribution < 1.29 is 18.3 Å². The molecule has 1 saturated heterocycles. The summed E-state index contributed by atoms with van der Waals surface area (Å²) in [5.41, 5.74) is 9.86. The topological polar surface area (TPSA) is 69.3 Å². The zero-order valence-electron chi connectivity index (χ0n) is 19.0. The van der Waals surface area contributed by atoms with Crippen molar-refractivity contribution in [2.45, 2.75) is 52.1 Å². The fourth-order valence-corrected chi connectivity index (χ4v) is 5.25. The van der Waals surface area contributed by atoms with Crippen molar-refractivity contribution in [1.82, 2.24) is 4.57 Å². The molecule has 1 amide bonds. The van der Waals surface area contributed by atoms with E-state index in [-0.39, 0.29) is 11.5 Å². The average molecular weight is 454 g/mol. The van der Waals surface area contributed by atoms with E-state index in [9.17, 15) is 9.18 Å². The molecule has 1 fully saturated rings. The second-order valence-corrected chi connectivity index (χ2v) is 10.0. The summed E-state index contributed by atoms with van der Waals surface area (Å²) in [7, 11) is 0. The van der Waals surface area contributed by atoms with Crippen molar-refractivity contribution in [3.63, 3.8) is 0 Å². The molecule has 3 heterocycles. The van der Waals surface area contributed by atoms with E-state index in [0.29, 0.717) is 41.9 Å². The first kappa shape index (κ1) is 21.9. The third kappa shape index (κ3) is 3.99. The molecule has 2 aromatic carbocycles. The number of aryl methyl sites for hydroxylation is 1. The number of nitrogens with zero attached hydrogens (tertiary/aromatic N) is 1. The second-order valence-electron chi connectivity index (χ2n) is 10.0. The molecule has 2 aliphatic rings. The van der Waals surface area contributed by atoms with Gasteiger partial charge < -0.3 is 20.4 Å². The molecule has 7 heteroatoms. The Morgan fingerprint density at radius 3 is 2.67 bits per heavy atom. The van der Waals surface area contributed by atoms with Gasteiger partial charge in [-0.2, -0.15) is 0 Å². The standard InChI is InChI=1S/C26H29F2N3O2/c1-26(2)7-8-31-21-13-16(27)12-19(28)24(21)23(22(31)14-26)15-3-4-18(25(29)32)20(11-15)30-17-5-9-33-10-6-17/h3-4,11-13,17,30H,5-10,14H2,1-2H3,(H2,29,32). The highest BCUT2D eigenvalue weighted by molar-refractivity contribution is 6.03. The average Bonchev–Trinajstić information content (AvgIpc) is 3.06. The van der Waals surface area contributed by atoms with Gasteiger partial charge in [-0.25, -0.2) is 8.78 Å². The van der Waals surface area contributed by atoms with Gasteiger partial charge in [0.15, 0.2) is 0 Å². The van der Waals surface area contributed by atoms with Gasteiger partial charge >= 0.3 is 0 Å². The van der Waals surface area contributed by atoms with E-state index in [4.69, 9.17) is 10.5 Å². The minimum atomic E-state index is -0.581. The monoisotopic (exact) mass is 453 g/mol. The molecule has 0 spiro atoms. The fourth-order valence-electron chi connectivity index (χ4n) is 5.25. The third-order valence-electron chi connectivity index (χ3n) is 7.00. The third-order valence-corrected chi connectivity index (χ3v) is 7.00. The molecule has 0 aliphatic carbocycles. The number of fused-ring (bicyclic) bond motifs is 3. The molecule has 5 nitrogen and oxygen atoms in total. The van der Waals surface area contributed by atoms with Crippen LogP contribution in [0.25, 0.3) is 22.0 Å². The number of hydrogen-bond acceptors (Lipinski definition) is 3. The van der Waals surface area contributed by atoms with Gasteiger partial charge in [0.25, 0.3) is 5.91 Å². The van der Waals surface area contributed by atoms with Gasteiger partial charge in [0.05, 0.1) is 11.1 Å². The fraction of sp³-hybridized carbons (Fsp3) is 0.423. The summed E-state index contributed by atoms with van der Waals surface area (Å²) >= 11 is 0. The Bertz CT molecular complexity index is 1240. The second kappa shape index (κ2) is 8.13. The number of halogens is 2. The van der Waals surface area contributed by atoms with E-state index in [0.717, 1.165) is 48.6 Å². The number of nitrogens with one attached hydrogen (secondary N) is 1. The van der Waals surface area contributed by atoms with Crippen LogP contribution < -0.4 is 11.1 Å². The molecule has 0 atom stereocenters. The number of hydrogen-bond donors (Lipinski definition) is 2.